The van der Waals surface area contributed by atoms with E-state index in [9.17, 15) is 5.11 Å². The minimum Gasteiger partial charge on any atom is -0.507 e. The molecule has 2 aromatic carbocycles. The molecule has 0 spiro atoms. The largest absolute Gasteiger partial charge is 0.507 e. The van der Waals surface area contributed by atoms with Gasteiger partial charge < -0.3 is 10.0 Å². The van der Waals surface area contributed by atoms with Crippen molar-refractivity contribution in [1.29, 1.82) is 0 Å². The van der Waals surface area contributed by atoms with Gasteiger partial charge in [-0.2, -0.15) is 0 Å². The van der Waals surface area contributed by atoms with Crippen LogP contribution in [0.25, 0.3) is 22.3 Å². The van der Waals surface area contributed by atoms with Gasteiger partial charge in [-0.15, -0.1) is 0 Å². The van der Waals surface area contributed by atoms with E-state index in [1.807, 2.05) is 36.4 Å². The lowest BCUT2D eigenvalue weighted by Crippen LogP contribution is -2.27. The SMILES string of the molecule is C[C@H]1CCCN1c1nc(-c2ccccc2O)nc2ccccc12. The van der Waals surface area contributed by atoms with Crippen LogP contribution >= 0.6 is 0 Å². The molecule has 1 aliphatic heterocycles. The third kappa shape index (κ3) is 2.40. The number of aromatic nitrogens is 2. The summed E-state index contributed by atoms with van der Waals surface area (Å²) >= 11 is 0. The number of phenolic OH excluding ortho intramolecular Hbond substituents is 1. The number of aromatic hydroxyl groups is 1. The molecule has 116 valence electrons. The Hall–Kier alpha value is -2.62. The van der Waals surface area contributed by atoms with E-state index in [4.69, 9.17) is 4.98 Å². The van der Waals surface area contributed by atoms with Gasteiger partial charge in [0.05, 0.1) is 11.1 Å². The van der Waals surface area contributed by atoms with Crippen LogP contribution in [-0.2, 0) is 0 Å². The minimum atomic E-state index is 0.211. The summed E-state index contributed by atoms with van der Waals surface area (Å²) in [6.07, 6.45) is 2.37. The zero-order chi connectivity index (χ0) is 15.8. The first-order valence-electron chi connectivity index (χ1n) is 8.06. The number of hydrogen-bond acceptors (Lipinski definition) is 4. The van der Waals surface area contributed by atoms with Gasteiger partial charge in [0.2, 0.25) is 0 Å². The highest BCUT2D eigenvalue weighted by Crippen LogP contribution is 2.34. The first kappa shape index (κ1) is 14.0. The lowest BCUT2D eigenvalue weighted by atomic mass is 10.1. The Labute approximate surface area is 135 Å². The van der Waals surface area contributed by atoms with Crippen molar-refractivity contribution in [1.82, 2.24) is 9.97 Å². The van der Waals surface area contributed by atoms with Crippen LogP contribution in [0, 0.1) is 0 Å². The van der Waals surface area contributed by atoms with Crippen molar-refractivity contribution in [3.63, 3.8) is 0 Å². The highest BCUT2D eigenvalue weighted by molar-refractivity contribution is 5.91. The topological polar surface area (TPSA) is 49.2 Å². The average molecular weight is 305 g/mol. The average Bonchev–Trinajstić information content (AvgIpc) is 3.00. The van der Waals surface area contributed by atoms with E-state index in [1.54, 1.807) is 6.07 Å². The first-order valence-corrected chi connectivity index (χ1v) is 8.06. The number of benzene rings is 2. The van der Waals surface area contributed by atoms with Crippen molar-refractivity contribution in [3.8, 4) is 17.1 Å². The molecule has 23 heavy (non-hydrogen) atoms. The van der Waals surface area contributed by atoms with E-state index in [1.165, 1.54) is 12.8 Å². The Morgan fingerprint density at radius 2 is 1.83 bits per heavy atom. The van der Waals surface area contributed by atoms with Crippen LogP contribution < -0.4 is 4.90 Å². The van der Waals surface area contributed by atoms with Gasteiger partial charge in [-0.25, -0.2) is 9.97 Å². The van der Waals surface area contributed by atoms with E-state index < -0.39 is 0 Å². The highest BCUT2D eigenvalue weighted by atomic mass is 16.3. The van der Waals surface area contributed by atoms with Crippen LogP contribution in [0.2, 0.25) is 0 Å². The lowest BCUT2D eigenvalue weighted by Gasteiger charge is -2.24. The molecule has 4 rings (SSSR count). The number of rotatable bonds is 2. The quantitative estimate of drug-likeness (QED) is 0.777. The Kier molecular flexibility index (Phi) is 3.37. The number of nitrogens with zero attached hydrogens (tertiary/aromatic N) is 3. The summed E-state index contributed by atoms with van der Waals surface area (Å²) in [6, 6.07) is 15.8. The predicted molar refractivity (Wildman–Crippen MR) is 92.7 cm³/mol. The maximum Gasteiger partial charge on any atom is 0.165 e. The standard InChI is InChI=1S/C19H19N3O/c1-13-7-6-12-22(13)19-14-8-2-4-10-16(14)20-18(21-19)15-9-3-5-11-17(15)23/h2-5,8-11,13,23H,6-7,12H2,1H3/t13-/m0/s1. The van der Waals surface area contributed by atoms with Gasteiger partial charge in [0, 0.05) is 18.0 Å². The van der Waals surface area contributed by atoms with Crippen molar-refractivity contribution in [3.05, 3.63) is 48.5 Å². The minimum absolute atomic E-state index is 0.211. The summed E-state index contributed by atoms with van der Waals surface area (Å²) in [5.41, 5.74) is 1.58. The van der Waals surface area contributed by atoms with Gasteiger partial charge >= 0.3 is 0 Å². The monoisotopic (exact) mass is 305 g/mol. The fraction of sp³-hybridized carbons (Fsp3) is 0.263. The first-order chi connectivity index (χ1) is 11.2. The summed E-state index contributed by atoms with van der Waals surface area (Å²) in [5, 5.41) is 11.2. The number of hydrogen-bond donors (Lipinski definition) is 1. The van der Waals surface area contributed by atoms with Crippen LogP contribution in [0.4, 0.5) is 5.82 Å². The normalized spacial score (nSPS) is 17.8. The summed E-state index contributed by atoms with van der Waals surface area (Å²) < 4.78 is 0. The van der Waals surface area contributed by atoms with Crippen LogP contribution in [0.3, 0.4) is 0 Å². The second kappa shape index (κ2) is 5.54. The Balaban J connectivity index is 1.95. The van der Waals surface area contributed by atoms with E-state index in [0.717, 1.165) is 23.3 Å². The van der Waals surface area contributed by atoms with Gasteiger partial charge in [-0.05, 0) is 44.0 Å². The molecule has 3 aromatic rings. The molecule has 1 saturated heterocycles. The molecule has 4 nitrogen and oxygen atoms in total. The van der Waals surface area contributed by atoms with E-state index in [2.05, 4.69) is 22.9 Å². The lowest BCUT2D eigenvalue weighted by molar-refractivity contribution is 0.477. The third-order valence-corrected chi connectivity index (χ3v) is 4.55. The molecule has 1 aliphatic rings. The molecule has 4 heteroatoms. The van der Waals surface area contributed by atoms with Gasteiger partial charge in [0.25, 0.3) is 0 Å². The van der Waals surface area contributed by atoms with Gasteiger partial charge in [0.15, 0.2) is 5.82 Å². The smallest absolute Gasteiger partial charge is 0.165 e. The van der Waals surface area contributed by atoms with E-state index in [0.29, 0.717) is 17.4 Å². The molecule has 1 fully saturated rings. The fourth-order valence-corrected chi connectivity index (χ4v) is 3.31. The number of fused-ring (bicyclic) bond motifs is 1. The van der Waals surface area contributed by atoms with Crippen molar-refractivity contribution in [2.75, 3.05) is 11.4 Å². The fourth-order valence-electron chi connectivity index (χ4n) is 3.31. The molecule has 2 heterocycles. The predicted octanol–water partition coefficient (Wildman–Crippen LogP) is 3.99. The molecule has 1 aromatic heterocycles. The van der Waals surface area contributed by atoms with Crippen LogP contribution in [0.15, 0.2) is 48.5 Å². The molecule has 1 N–H and O–H groups in total. The van der Waals surface area contributed by atoms with Crippen LogP contribution in [0.1, 0.15) is 19.8 Å². The van der Waals surface area contributed by atoms with E-state index in [-0.39, 0.29) is 5.75 Å². The van der Waals surface area contributed by atoms with Crippen molar-refractivity contribution < 1.29 is 5.11 Å². The molecule has 0 aliphatic carbocycles. The second-order valence-corrected chi connectivity index (χ2v) is 6.09. The molecular weight excluding hydrogens is 286 g/mol. The van der Waals surface area contributed by atoms with Crippen molar-refractivity contribution >= 4 is 16.7 Å². The molecule has 0 amide bonds. The Bertz CT molecular complexity index is 862. The van der Waals surface area contributed by atoms with Gasteiger partial charge in [0.1, 0.15) is 11.6 Å². The number of phenols is 1. The molecule has 0 bridgehead atoms. The second-order valence-electron chi connectivity index (χ2n) is 6.09. The summed E-state index contributed by atoms with van der Waals surface area (Å²) in [7, 11) is 0. The summed E-state index contributed by atoms with van der Waals surface area (Å²) in [4.78, 5) is 11.8. The Morgan fingerprint density at radius 3 is 2.61 bits per heavy atom. The van der Waals surface area contributed by atoms with Gasteiger partial charge in [-0.3, -0.25) is 0 Å². The summed E-state index contributed by atoms with van der Waals surface area (Å²) in [6.45, 7) is 3.26. The Morgan fingerprint density at radius 1 is 1.04 bits per heavy atom. The van der Waals surface area contributed by atoms with E-state index >= 15 is 0 Å². The molecule has 0 saturated carbocycles. The van der Waals surface area contributed by atoms with Crippen molar-refractivity contribution in [2.24, 2.45) is 0 Å². The van der Waals surface area contributed by atoms with Crippen LogP contribution in [-0.4, -0.2) is 27.7 Å². The number of anilines is 1. The molecule has 0 unspecified atom stereocenters. The zero-order valence-corrected chi connectivity index (χ0v) is 13.1. The highest BCUT2D eigenvalue weighted by Gasteiger charge is 2.24. The van der Waals surface area contributed by atoms with Crippen LogP contribution in [0.5, 0.6) is 5.75 Å². The number of para-hydroxylation sites is 2. The molecule has 1 atom stereocenters. The van der Waals surface area contributed by atoms with Crippen molar-refractivity contribution in [2.45, 2.75) is 25.8 Å². The van der Waals surface area contributed by atoms with Gasteiger partial charge in [-0.1, -0.05) is 24.3 Å². The maximum atomic E-state index is 10.2. The third-order valence-electron chi connectivity index (χ3n) is 4.55. The molecule has 0 radical (unpaired) electrons. The molecular formula is C19H19N3O. The maximum absolute atomic E-state index is 10.2. The summed E-state index contributed by atoms with van der Waals surface area (Å²) in [5.74, 6) is 1.76. The zero-order valence-electron chi connectivity index (χ0n) is 13.1.